The Morgan fingerprint density at radius 1 is 1.43 bits per heavy atom. The Balaban J connectivity index is 1.72. The summed E-state index contributed by atoms with van der Waals surface area (Å²) in [6.45, 7) is 2.98. The summed E-state index contributed by atoms with van der Waals surface area (Å²) in [5.41, 5.74) is 1.03. The third-order valence-corrected chi connectivity index (χ3v) is 3.96. The second kappa shape index (κ2) is 8.00. The van der Waals surface area contributed by atoms with E-state index in [0.717, 1.165) is 37.2 Å². The van der Waals surface area contributed by atoms with E-state index >= 15 is 0 Å². The molecule has 21 heavy (non-hydrogen) atoms. The number of likely N-dealkylation sites (tertiary alicyclic amines) is 1. The Morgan fingerprint density at radius 2 is 2.19 bits per heavy atom. The number of rotatable bonds is 6. The maximum Gasteiger partial charge on any atom is 0.234 e. The van der Waals surface area contributed by atoms with Crippen LogP contribution in [0.4, 0.5) is 0 Å². The number of benzene rings is 1. The average molecular weight is 292 g/mol. The zero-order valence-electron chi connectivity index (χ0n) is 12.5. The molecule has 116 valence electrons. The summed E-state index contributed by atoms with van der Waals surface area (Å²) < 4.78 is 5.16. The van der Waals surface area contributed by atoms with Crippen molar-refractivity contribution in [2.24, 2.45) is 5.92 Å². The Bertz CT molecular complexity index is 457. The molecule has 1 aliphatic rings. The Hall–Kier alpha value is -1.59. The molecule has 1 fully saturated rings. The fourth-order valence-electron chi connectivity index (χ4n) is 2.57. The van der Waals surface area contributed by atoms with Crippen LogP contribution in [0, 0.1) is 5.92 Å². The van der Waals surface area contributed by atoms with Gasteiger partial charge < -0.3 is 15.2 Å². The van der Waals surface area contributed by atoms with Crippen LogP contribution in [0.3, 0.4) is 0 Å². The van der Waals surface area contributed by atoms with Gasteiger partial charge in [-0.05, 0) is 49.5 Å². The van der Waals surface area contributed by atoms with Gasteiger partial charge in [0.2, 0.25) is 5.91 Å². The number of nitrogens with zero attached hydrogens (tertiary/aromatic N) is 1. The zero-order valence-corrected chi connectivity index (χ0v) is 12.5. The van der Waals surface area contributed by atoms with Crippen LogP contribution in [0.5, 0.6) is 5.75 Å². The minimum Gasteiger partial charge on any atom is -0.497 e. The summed E-state index contributed by atoms with van der Waals surface area (Å²) in [6.07, 6.45) is 1.94. The van der Waals surface area contributed by atoms with E-state index in [4.69, 9.17) is 9.84 Å². The molecule has 1 aromatic carbocycles. The zero-order chi connectivity index (χ0) is 15.1. The van der Waals surface area contributed by atoms with Crippen LogP contribution < -0.4 is 10.1 Å². The summed E-state index contributed by atoms with van der Waals surface area (Å²) in [6, 6.07) is 7.69. The molecule has 0 unspecified atom stereocenters. The van der Waals surface area contributed by atoms with Gasteiger partial charge in [0, 0.05) is 13.2 Å². The topological polar surface area (TPSA) is 61.8 Å². The van der Waals surface area contributed by atoms with Crippen LogP contribution in [0.1, 0.15) is 18.4 Å². The van der Waals surface area contributed by atoms with E-state index in [1.54, 1.807) is 7.11 Å². The summed E-state index contributed by atoms with van der Waals surface area (Å²) in [5, 5.41) is 12.0. The SMILES string of the molecule is COc1cccc(CNC(=O)CN2CCC(CO)CC2)c1. The monoisotopic (exact) mass is 292 g/mol. The van der Waals surface area contributed by atoms with Crippen molar-refractivity contribution in [1.82, 2.24) is 10.2 Å². The van der Waals surface area contributed by atoms with Gasteiger partial charge in [0.05, 0.1) is 13.7 Å². The van der Waals surface area contributed by atoms with Gasteiger partial charge in [0.1, 0.15) is 5.75 Å². The first-order chi connectivity index (χ1) is 10.2. The molecule has 0 atom stereocenters. The number of methoxy groups -OCH3 is 1. The Kier molecular flexibility index (Phi) is 6.02. The Labute approximate surface area is 125 Å². The van der Waals surface area contributed by atoms with Crippen LogP contribution in [0.15, 0.2) is 24.3 Å². The van der Waals surface area contributed by atoms with Crippen molar-refractivity contribution >= 4 is 5.91 Å². The van der Waals surface area contributed by atoms with Gasteiger partial charge in [-0.25, -0.2) is 0 Å². The van der Waals surface area contributed by atoms with Gasteiger partial charge in [-0.1, -0.05) is 12.1 Å². The first-order valence-electron chi connectivity index (χ1n) is 7.44. The van der Waals surface area contributed by atoms with Gasteiger partial charge in [-0.2, -0.15) is 0 Å². The van der Waals surface area contributed by atoms with Crippen LogP contribution in [-0.2, 0) is 11.3 Å². The van der Waals surface area contributed by atoms with E-state index in [1.165, 1.54) is 0 Å². The minimum atomic E-state index is 0.0419. The average Bonchev–Trinajstić information content (AvgIpc) is 2.54. The maximum atomic E-state index is 12.0. The lowest BCUT2D eigenvalue weighted by molar-refractivity contribution is -0.122. The van der Waals surface area contributed by atoms with Crippen molar-refractivity contribution in [3.8, 4) is 5.75 Å². The predicted molar refractivity (Wildman–Crippen MR) is 81.1 cm³/mol. The number of carbonyl (C=O) groups is 1. The summed E-state index contributed by atoms with van der Waals surface area (Å²) >= 11 is 0. The number of hydrogen-bond donors (Lipinski definition) is 2. The molecule has 0 aromatic heterocycles. The molecule has 1 aliphatic heterocycles. The van der Waals surface area contributed by atoms with E-state index in [0.29, 0.717) is 19.0 Å². The molecule has 0 saturated carbocycles. The van der Waals surface area contributed by atoms with Crippen molar-refractivity contribution in [2.75, 3.05) is 33.4 Å². The third kappa shape index (κ3) is 5.02. The fourth-order valence-corrected chi connectivity index (χ4v) is 2.57. The number of aliphatic hydroxyl groups is 1. The lowest BCUT2D eigenvalue weighted by Gasteiger charge is -2.30. The highest BCUT2D eigenvalue weighted by molar-refractivity contribution is 5.78. The molecule has 1 aromatic rings. The van der Waals surface area contributed by atoms with Crippen molar-refractivity contribution in [3.05, 3.63) is 29.8 Å². The highest BCUT2D eigenvalue weighted by Crippen LogP contribution is 2.16. The summed E-state index contributed by atoms with van der Waals surface area (Å²) in [4.78, 5) is 14.1. The fraction of sp³-hybridized carbons (Fsp3) is 0.562. The van der Waals surface area contributed by atoms with Gasteiger partial charge in [-0.3, -0.25) is 9.69 Å². The van der Waals surface area contributed by atoms with Gasteiger partial charge in [0.15, 0.2) is 0 Å². The molecule has 0 bridgehead atoms. The lowest BCUT2D eigenvalue weighted by Crippen LogP contribution is -2.41. The first-order valence-corrected chi connectivity index (χ1v) is 7.44. The molecule has 0 aliphatic carbocycles. The van der Waals surface area contributed by atoms with E-state index in [2.05, 4.69) is 10.2 Å². The molecule has 5 heteroatoms. The highest BCUT2D eigenvalue weighted by atomic mass is 16.5. The number of aliphatic hydroxyl groups excluding tert-OH is 1. The quantitative estimate of drug-likeness (QED) is 0.821. The standard InChI is InChI=1S/C16H24N2O3/c1-21-15-4-2-3-14(9-15)10-17-16(20)11-18-7-5-13(12-19)6-8-18/h2-4,9,13,19H,5-8,10-12H2,1H3,(H,17,20). The van der Waals surface area contributed by atoms with Crippen LogP contribution in [0.25, 0.3) is 0 Å². The number of ether oxygens (including phenoxy) is 1. The molecule has 5 nitrogen and oxygen atoms in total. The lowest BCUT2D eigenvalue weighted by atomic mass is 9.98. The van der Waals surface area contributed by atoms with Crippen molar-refractivity contribution in [3.63, 3.8) is 0 Å². The van der Waals surface area contributed by atoms with Crippen LogP contribution >= 0.6 is 0 Å². The molecular formula is C16H24N2O3. The minimum absolute atomic E-state index is 0.0419. The summed E-state index contributed by atoms with van der Waals surface area (Å²) in [7, 11) is 1.63. The van der Waals surface area contributed by atoms with Crippen molar-refractivity contribution in [2.45, 2.75) is 19.4 Å². The number of nitrogens with one attached hydrogen (secondary N) is 1. The molecule has 1 amide bonds. The number of piperidine rings is 1. The van der Waals surface area contributed by atoms with Gasteiger partial charge in [0.25, 0.3) is 0 Å². The number of hydrogen-bond acceptors (Lipinski definition) is 4. The first kappa shape index (κ1) is 15.8. The normalized spacial score (nSPS) is 16.7. The highest BCUT2D eigenvalue weighted by Gasteiger charge is 2.19. The number of carbonyl (C=O) groups excluding carboxylic acids is 1. The molecule has 1 saturated heterocycles. The predicted octanol–water partition coefficient (Wildman–Crippen LogP) is 1.02. The van der Waals surface area contributed by atoms with Gasteiger partial charge in [-0.15, -0.1) is 0 Å². The molecular weight excluding hydrogens is 268 g/mol. The largest absolute Gasteiger partial charge is 0.497 e. The second-order valence-electron chi connectivity index (χ2n) is 5.53. The third-order valence-electron chi connectivity index (χ3n) is 3.96. The molecule has 2 rings (SSSR count). The molecule has 0 spiro atoms. The van der Waals surface area contributed by atoms with E-state index < -0.39 is 0 Å². The van der Waals surface area contributed by atoms with Crippen LogP contribution in [-0.4, -0.2) is 49.3 Å². The summed E-state index contributed by atoms with van der Waals surface area (Å²) in [5.74, 6) is 1.24. The van der Waals surface area contributed by atoms with E-state index in [9.17, 15) is 4.79 Å². The second-order valence-corrected chi connectivity index (χ2v) is 5.53. The van der Waals surface area contributed by atoms with Gasteiger partial charge >= 0.3 is 0 Å². The van der Waals surface area contributed by atoms with E-state index in [-0.39, 0.29) is 12.5 Å². The van der Waals surface area contributed by atoms with Crippen molar-refractivity contribution < 1.29 is 14.6 Å². The van der Waals surface area contributed by atoms with Crippen LogP contribution in [0.2, 0.25) is 0 Å². The van der Waals surface area contributed by atoms with E-state index in [1.807, 2.05) is 24.3 Å². The maximum absolute atomic E-state index is 12.0. The Morgan fingerprint density at radius 3 is 2.86 bits per heavy atom. The molecule has 0 radical (unpaired) electrons. The number of amides is 1. The van der Waals surface area contributed by atoms with Crippen molar-refractivity contribution in [1.29, 1.82) is 0 Å². The molecule has 2 N–H and O–H groups in total. The molecule has 1 heterocycles. The smallest absolute Gasteiger partial charge is 0.234 e.